The molecule has 0 aromatic carbocycles. The lowest BCUT2D eigenvalue weighted by molar-refractivity contribution is -0.157. The van der Waals surface area contributed by atoms with Crippen molar-refractivity contribution >= 4 is 33.3 Å². The molecule has 0 bridgehead atoms. The van der Waals surface area contributed by atoms with Crippen LogP contribution in [0.5, 0.6) is 0 Å². The average Bonchev–Trinajstić information content (AvgIpc) is 3.04. The summed E-state index contributed by atoms with van der Waals surface area (Å²) < 4.78 is 37.4. The van der Waals surface area contributed by atoms with Crippen LogP contribution >= 0.6 is 11.3 Å². The van der Waals surface area contributed by atoms with Crippen LogP contribution in [0, 0.1) is 0 Å². The van der Waals surface area contributed by atoms with Crippen molar-refractivity contribution in [2.45, 2.75) is 32.0 Å². The van der Waals surface area contributed by atoms with Crippen LogP contribution in [-0.4, -0.2) is 46.1 Å². The van der Waals surface area contributed by atoms with E-state index in [0.717, 1.165) is 15.1 Å². The Morgan fingerprint density at radius 3 is 2.91 bits per heavy atom. The van der Waals surface area contributed by atoms with E-state index in [2.05, 4.69) is 15.3 Å². The van der Waals surface area contributed by atoms with Gasteiger partial charge < -0.3 is 10.2 Å². The SMILES string of the molecule is CCc1nc(NC2CC(=O)N(CC(F)(F)F)C2)c2ccsc2n1. The molecule has 1 atom stereocenters. The van der Waals surface area contributed by atoms with Gasteiger partial charge in [0.25, 0.3) is 0 Å². The first-order valence-corrected chi connectivity index (χ1v) is 8.09. The number of nitrogens with zero attached hydrogens (tertiary/aromatic N) is 3. The van der Waals surface area contributed by atoms with Gasteiger partial charge in [0.15, 0.2) is 0 Å². The van der Waals surface area contributed by atoms with Gasteiger partial charge in [0, 0.05) is 19.4 Å². The van der Waals surface area contributed by atoms with Gasteiger partial charge in [-0.05, 0) is 11.4 Å². The smallest absolute Gasteiger partial charge is 0.364 e. The van der Waals surface area contributed by atoms with E-state index >= 15 is 0 Å². The largest absolute Gasteiger partial charge is 0.406 e. The van der Waals surface area contributed by atoms with Gasteiger partial charge >= 0.3 is 6.18 Å². The lowest BCUT2D eigenvalue weighted by Crippen LogP contribution is -2.36. The fourth-order valence-electron chi connectivity index (χ4n) is 2.60. The van der Waals surface area contributed by atoms with Crippen molar-refractivity contribution in [3.8, 4) is 0 Å². The van der Waals surface area contributed by atoms with E-state index in [1.54, 1.807) is 0 Å². The molecule has 2 aromatic rings. The minimum Gasteiger partial charge on any atom is -0.364 e. The van der Waals surface area contributed by atoms with Gasteiger partial charge in [-0.25, -0.2) is 9.97 Å². The number of fused-ring (bicyclic) bond motifs is 1. The summed E-state index contributed by atoms with van der Waals surface area (Å²) in [7, 11) is 0. The predicted octanol–water partition coefficient (Wildman–Crippen LogP) is 2.83. The molecule has 1 amide bonds. The average molecular weight is 344 g/mol. The second-order valence-electron chi connectivity index (χ2n) is 5.42. The zero-order valence-corrected chi connectivity index (χ0v) is 13.2. The van der Waals surface area contributed by atoms with Crippen LogP contribution in [0.1, 0.15) is 19.2 Å². The standard InChI is InChI=1S/C14H15F3N4OS/c1-2-10-19-12(9-3-4-23-13(9)20-10)18-8-5-11(22)21(6-8)7-14(15,16)17/h3-4,8H,2,5-7H2,1H3,(H,18,19,20). The van der Waals surface area contributed by atoms with E-state index in [-0.39, 0.29) is 19.0 Å². The van der Waals surface area contributed by atoms with Gasteiger partial charge in [0.2, 0.25) is 5.91 Å². The van der Waals surface area contributed by atoms with Crippen LogP contribution < -0.4 is 5.32 Å². The van der Waals surface area contributed by atoms with Crippen LogP contribution in [0.2, 0.25) is 0 Å². The minimum atomic E-state index is -4.38. The third-order valence-electron chi connectivity index (χ3n) is 3.61. The van der Waals surface area contributed by atoms with E-state index < -0.39 is 18.6 Å². The lowest BCUT2D eigenvalue weighted by atomic mass is 10.2. The maximum absolute atomic E-state index is 12.5. The van der Waals surface area contributed by atoms with E-state index in [1.165, 1.54) is 11.3 Å². The topological polar surface area (TPSA) is 58.1 Å². The van der Waals surface area contributed by atoms with Crippen LogP contribution in [-0.2, 0) is 11.2 Å². The molecule has 1 unspecified atom stereocenters. The summed E-state index contributed by atoms with van der Waals surface area (Å²) >= 11 is 1.48. The van der Waals surface area contributed by atoms with Crippen molar-refractivity contribution in [2.75, 3.05) is 18.4 Å². The summed E-state index contributed by atoms with van der Waals surface area (Å²) in [6, 6.07) is 1.49. The second-order valence-corrected chi connectivity index (χ2v) is 6.31. The number of halogens is 3. The first-order chi connectivity index (χ1) is 10.9. The molecule has 1 aliphatic heterocycles. The summed E-state index contributed by atoms with van der Waals surface area (Å²) in [6.07, 6.45) is -3.69. The predicted molar refractivity (Wildman–Crippen MR) is 81.5 cm³/mol. The Morgan fingerprint density at radius 1 is 1.43 bits per heavy atom. The third kappa shape index (κ3) is 3.54. The van der Waals surface area contributed by atoms with Gasteiger partial charge in [-0.1, -0.05) is 6.92 Å². The number of aryl methyl sites for hydroxylation is 1. The lowest BCUT2D eigenvalue weighted by Gasteiger charge is -2.19. The maximum Gasteiger partial charge on any atom is 0.406 e. The Hall–Kier alpha value is -1.90. The van der Waals surface area contributed by atoms with Crippen molar-refractivity contribution < 1.29 is 18.0 Å². The molecule has 1 fully saturated rings. The van der Waals surface area contributed by atoms with Crippen molar-refractivity contribution in [2.24, 2.45) is 0 Å². The Balaban J connectivity index is 1.78. The Bertz CT molecular complexity index is 730. The fraction of sp³-hybridized carbons (Fsp3) is 0.500. The number of rotatable bonds is 4. The number of carbonyl (C=O) groups excluding carboxylic acids is 1. The summed E-state index contributed by atoms with van der Waals surface area (Å²) in [4.78, 5) is 22.2. The highest BCUT2D eigenvalue weighted by Crippen LogP contribution is 2.28. The molecule has 3 heterocycles. The number of anilines is 1. The molecule has 3 rings (SSSR count). The first kappa shape index (κ1) is 16.0. The summed E-state index contributed by atoms with van der Waals surface area (Å²) in [5.41, 5.74) is 0. The molecule has 124 valence electrons. The third-order valence-corrected chi connectivity index (χ3v) is 4.42. The highest BCUT2D eigenvalue weighted by atomic mass is 32.1. The number of aromatic nitrogens is 2. The molecule has 5 nitrogen and oxygen atoms in total. The molecule has 23 heavy (non-hydrogen) atoms. The zero-order chi connectivity index (χ0) is 16.6. The summed E-state index contributed by atoms with van der Waals surface area (Å²) in [6.45, 7) is 0.750. The van der Waals surface area contributed by atoms with Crippen LogP contribution in [0.15, 0.2) is 11.4 Å². The summed E-state index contributed by atoms with van der Waals surface area (Å²) in [5.74, 6) is 0.754. The first-order valence-electron chi connectivity index (χ1n) is 7.21. The molecule has 1 aliphatic rings. The van der Waals surface area contributed by atoms with Crippen LogP contribution in [0.25, 0.3) is 10.2 Å². The number of alkyl halides is 3. The molecule has 1 N–H and O–H groups in total. The Kier molecular flexibility index (Phi) is 4.13. The number of nitrogens with one attached hydrogen (secondary N) is 1. The molecule has 0 aliphatic carbocycles. The van der Waals surface area contributed by atoms with E-state index in [0.29, 0.717) is 18.1 Å². The van der Waals surface area contributed by atoms with Gasteiger partial charge in [0.05, 0.1) is 11.4 Å². The molecular formula is C14H15F3N4OS. The minimum absolute atomic E-state index is 0.0232. The molecule has 0 spiro atoms. The van der Waals surface area contributed by atoms with Gasteiger partial charge in [-0.15, -0.1) is 11.3 Å². The summed E-state index contributed by atoms with van der Waals surface area (Å²) in [5, 5.41) is 5.83. The number of hydrogen-bond donors (Lipinski definition) is 1. The number of hydrogen-bond acceptors (Lipinski definition) is 5. The fourth-order valence-corrected chi connectivity index (χ4v) is 3.38. The van der Waals surface area contributed by atoms with Gasteiger partial charge in [-0.2, -0.15) is 13.2 Å². The van der Waals surface area contributed by atoms with Crippen molar-refractivity contribution in [3.63, 3.8) is 0 Å². The number of thiophene rings is 1. The molecule has 0 saturated carbocycles. The molecule has 2 aromatic heterocycles. The molecule has 9 heteroatoms. The molecule has 0 radical (unpaired) electrons. The van der Waals surface area contributed by atoms with Crippen molar-refractivity contribution in [1.29, 1.82) is 0 Å². The van der Waals surface area contributed by atoms with Crippen LogP contribution in [0.3, 0.4) is 0 Å². The number of likely N-dealkylation sites (tertiary alicyclic amines) is 1. The van der Waals surface area contributed by atoms with Gasteiger partial charge in [-0.3, -0.25) is 4.79 Å². The second kappa shape index (κ2) is 5.95. The van der Waals surface area contributed by atoms with Crippen LogP contribution in [0.4, 0.5) is 19.0 Å². The van der Waals surface area contributed by atoms with E-state index in [4.69, 9.17) is 0 Å². The highest BCUT2D eigenvalue weighted by Gasteiger charge is 2.38. The molecular weight excluding hydrogens is 329 g/mol. The van der Waals surface area contributed by atoms with Crippen molar-refractivity contribution in [3.05, 3.63) is 17.3 Å². The normalized spacial score (nSPS) is 18.9. The molecule has 1 saturated heterocycles. The monoisotopic (exact) mass is 344 g/mol. The number of carbonyl (C=O) groups is 1. The zero-order valence-electron chi connectivity index (χ0n) is 12.4. The number of amides is 1. The maximum atomic E-state index is 12.5. The van der Waals surface area contributed by atoms with Gasteiger partial charge in [0.1, 0.15) is 23.0 Å². The Labute approximate surface area is 134 Å². The van der Waals surface area contributed by atoms with E-state index in [1.807, 2.05) is 18.4 Å². The Morgan fingerprint density at radius 2 is 2.22 bits per heavy atom. The van der Waals surface area contributed by atoms with E-state index in [9.17, 15) is 18.0 Å². The van der Waals surface area contributed by atoms with Crippen molar-refractivity contribution in [1.82, 2.24) is 14.9 Å². The quantitative estimate of drug-likeness (QED) is 0.927. The highest BCUT2D eigenvalue weighted by molar-refractivity contribution is 7.16.